The number of ether oxygens (including phenoxy) is 1. The van der Waals surface area contributed by atoms with E-state index in [0.717, 1.165) is 6.07 Å². The van der Waals surface area contributed by atoms with Gasteiger partial charge in [0.05, 0.1) is 28.4 Å². The van der Waals surface area contributed by atoms with E-state index < -0.39 is 35.2 Å². The average Bonchev–Trinajstić information content (AvgIpc) is 2.80. The van der Waals surface area contributed by atoms with Gasteiger partial charge in [0.25, 0.3) is 11.5 Å². The first-order chi connectivity index (χ1) is 16.8. The van der Waals surface area contributed by atoms with Crippen molar-refractivity contribution in [1.82, 2.24) is 24.8 Å². The number of carbonyl (C=O) groups is 1. The molecule has 1 amide bonds. The molecule has 3 aromatic rings. The van der Waals surface area contributed by atoms with Gasteiger partial charge in [-0.05, 0) is 37.8 Å². The van der Waals surface area contributed by atoms with Crippen LogP contribution in [-0.4, -0.2) is 55.0 Å². The third-order valence-corrected chi connectivity index (χ3v) is 6.27. The van der Waals surface area contributed by atoms with Crippen molar-refractivity contribution in [2.45, 2.75) is 46.1 Å². The molecule has 1 fully saturated rings. The molecule has 3 atom stereocenters. The van der Waals surface area contributed by atoms with E-state index in [1.165, 1.54) is 32.2 Å². The number of amides is 1. The number of nitrogens with zero attached hydrogens (tertiary/aromatic N) is 4. The highest BCUT2D eigenvalue weighted by Gasteiger charge is 2.37. The zero-order valence-corrected chi connectivity index (χ0v) is 20.1. The van der Waals surface area contributed by atoms with Crippen LogP contribution in [0.15, 0.2) is 29.2 Å². The molecule has 9 nitrogen and oxygen atoms in total. The number of aryl methyl sites for hydroxylation is 1. The Morgan fingerprint density at radius 2 is 1.89 bits per heavy atom. The van der Waals surface area contributed by atoms with E-state index in [4.69, 9.17) is 4.74 Å². The molecule has 3 aromatic heterocycles. The van der Waals surface area contributed by atoms with Gasteiger partial charge in [0.1, 0.15) is 11.9 Å². The van der Waals surface area contributed by atoms with Crippen LogP contribution < -0.4 is 10.3 Å². The molecule has 1 aliphatic heterocycles. The number of carbonyl (C=O) groups excluding carboxylic acids is 1. The first-order valence-electron chi connectivity index (χ1n) is 11.4. The van der Waals surface area contributed by atoms with Crippen molar-refractivity contribution in [3.05, 3.63) is 57.4 Å². The number of H-pyrrole nitrogens is 1. The quantitative estimate of drug-likeness (QED) is 0.558. The van der Waals surface area contributed by atoms with E-state index in [-0.39, 0.29) is 40.5 Å². The Labute approximate surface area is 204 Å². The zero-order valence-electron chi connectivity index (χ0n) is 20.1. The second-order valence-corrected chi connectivity index (χ2v) is 9.24. The van der Waals surface area contributed by atoms with Crippen LogP contribution in [0.4, 0.5) is 13.2 Å². The van der Waals surface area contributed by atoms with Crippen LogP contribution in [0.2, 0.25) is 0 Å². The Kier molecular flexibility index (Phi) is 6.74. The summed E-state index contributed by atoms with van der Waals surface area (Å²) in [6.07, 6.45) is -5.16. The summed E-state index contributed by atoms with van der Waals surface area (Å²) in [7, 11) is 0. The molecule has 0 spiro atoms. The van der Waals surface area contributed by atoms with Gasteiger partial charge >= 0.3 is 6.18 Å². The molecular formula is C24H26F3N5O4. The Bertz CT molecular complexity index is 1330. The summed E-state index contributed by atoms with van der Waals surface area (Å²) in [5.41, 5.74) is -2.32. The molecule has 192 valence electrons. The molecular weight excluding hydrogens is 479 g/mol. The van der Waals surface area contributed by atoms with Gasteiger partial charge in [-0.1, -0.05) is 13.8 Å². The van der Waals surface area contributed by atoms with Crippen LogP contribution >= 0.6 is 0 Å². The van der Waals surface area contributed by atoms with E-state index in [0.29, 0.717) is 18.7 Å². The van der Waals surface area contributed by atoms with Crippen LogP contribution in [-0.2, 0) is 6.18 Å². The second kappa shape index (κ2) is 9.49. The summed E-state index contributed by atoms with van der Waals surface area (Å²) in [5.74, 6) is -0.246. The molecule has 0 aromatic carbocycles. The molecule has 36 heavy (non-hydrogen) atoms. The first kappa shape index (κ1) is 25.5. The smallest absolute Gasteiger partial charge is 0.418 e. The molecule has 1 aliphatic rings. The Balaban J connectivity index is 1.57. The predicted molar refractivity (Wildman–Crippen MR) is 123 cm³/mol. The summed E-state index contributed by atoms with van der Waals surface area (Å²) in [5, 5.41) is 10.1. The molecule has 0 radical (unpaired) electrons. The van der Waals surface area contributed by atoms with Gasteiger partial charge in [-0.15, -0.1) is 0 Å². The maximum absolute atomic E-state index is 13.8. The Morgan fingerprint density at radius 3 is 2.47 bits per heavy atom. The SMILES string of the molecule is Cc1nc2cc(C(F)(F)F)c(C(C)Oc3ccc(C(=O)N4CC(C)C(O)C(C)C4)cn3)nc2c(=O)[nH]1. The number of aromatic amines is 1. The summed E-state index contributed by atoms with van der Waals surface area (Å²) < 4.78 is 47.0. The van der Waals surface area contributed by atoms with Crippen molar-refractivity contribution >= 4 is 16.9 Å². The number of halogens is 3. The van der Waals surface area contributed by atoms with Crippen molar-refractivity contribution in [2.75, 3.05) is 13.1 Å². The third-order valence-electron chi connectivity index (χ3n) is 6.27. The van der Waals surface area contributed by atoms with Gasteiger partial charge in [0, 0.05) is 25.4 Å². The van der Waals surface area contributed by atoms with Gasteiger partial charge in [-0.25, -0.2) is 15.0 Å². The largest absolute Gasteiger partial charge is 0.468 e. The third kappa shape index (κ3) is 5.03. The standard InChI is InChI=1S/C24H26F3N5O4/c1-11-9-32(10-12(2)21(11)33)23(35)15-5-6-18(28-8-15)36-13(3)19-16(24(25,26)27)7-17-20(31-19)22(34)30-14(4)29-17/h5-8,11-13,21,33H,9-10H2,1-4H3,(H,29,30,34). The number of piperidine rings is 1. The minimum absolute atomic E-state index is 0.0131. The van der Waals surface area contributed by atoms with Crippen molar-refractivity contribution in [3.8, 4) is 5.88 Å². The van der Waals surface area contributed by atoms with Crippen LogP contribution in [0.25, 0.3) is 11.0 Å². The van der Waals surface area contributed by atoms with Gasteiger partial charge < -0.3 is 19.7 Å². The van der Waals surface area contributed by atoms with E-state index in [2.05, 4.69) is 19.9 Å². The maximum atomic E-state index is 13.8. The van der Waals surface area contributed by atoms with E-state index in [1.807, 2.05) is 13.8 Å². The fourth-order valence-electron chi connectivity index (χ4n) is 4.45. The minimum Gasteiger partial charge on any atom is -0.468 e. The van der Waals surface area contributed by atoms with E-state index in [1.54, 1.807) is 4.90 Å². The molecule has 4 rings (SSSR count). The molecule has 0 bridgehead atoms. The number of aliphatic hydroxyl groups is 1. The van der Waals surface area contributed by atoms with E-state index >= 15 is 0 Å². The lowest BCUT2D eigenvalue weighted by molar-refractivity contribution is -0.139. The highest BCUT2D eigenvalue weighted by atomic mass is 19.4. The molecule has 0 saturated carbocycles. The monoisotopic (exact) mass is 505 g/mol. The molecule has 3 unspecified atom stereocenters. The highest BCUT2D eigenvalue weighted by molar-refractivity contribution is 5.94. The average molecular weight is 505 g/mol. The Hall–Kier alpha value is -3.54. The van der Waals surface area contributed by atoms with Gasteiger partial charge in [0.15, 0.2) is 5.52 Å². The number of pyridine rings is 2. The number of fused-ring (bicyclic) bond motifs is 1. The van der Waals surface area contributed by atoms with Crippen LogP contribution in [0, 0.1) is 18.8 Å². The predicted octanol–water partition coefficient (Wildman–Crippen LogP) is 3.27. The second-order valence-electron chi connectivity index (χ2n) is 9.24. The first-order valence-corrected chi connectivity index (χ1v) is 11.4. The van der Waals surface area contributed by atoms with Crippen molar-refractivity contribution in [1.29, 1.82) is 0 Å². The van der Waals surface area contributed by atoms with Crippen LogP contribution in [0.5, 0.6) is 5.88 Å². The lowest BCUT2D eigenvalue weighted by Crippen LogP contribution is -2.49. The molecule has 1 saturated heterocycles. The summed E-state index contributed by atoms with van der Waals surface area (Å²) in [6.45, 7) is 7.38. The number of aromatic nitrogens is 4. The number of aliphatic hydroxyl groups excluding tert-OH is 1. The number of nitrogens with one attached hydrogen (secondary N) is 1. The molecule has 12 heteroatoms. The fourth-order valence-corrected chi connectivity index (χ4v) is 4.45. The fraction of sp³-hybridized carbons (Fsp3) is 0.458. The molecule has 0 aliphatic carbocycles. The normalized spacial score (nSPS) is 21.4. The van der Waals surface area contributed by atoms with Crippen LogP contribution in [0.1, 0.15) is 54.3 Å². The number of likely N-dealkylation sites (tertiary alicyclic amines) is 1. The highest BCUT2D eigenvalue weighted by Crippen LogP contribution is 2.36. The number of rotatable bonds is 4. The molecule has 4 heterocycles. The summed E-state index contributed by atoms with van der Waals surface area (Å²) >= 11 is 0. The zero-order chi connectivity index (χ0) is 26.4. The lowest BCUT2D eigenvalue weighted by atomic mass is 9.88. The maximum Gasteiger partial charge on any atom is 0.418 e. The van der Waals surface area contributed by atoms with Crippen molar-refractivity contribution < 1.29 is 27.8 Å². The van der Waals surface area contributed by atoms with Crippen LogP contribution in [0.3, 0.4) is 0 Å². The lowest BCUT2D eigenvalue weighted by Gasteiger charge is -2.38. The van der Waals surface area contributed by atoms with E-state index in [9.17, 15) is 27.9 Å². The minimum atomic E-state index is -4.76. The topological polar surface area (TPSA) is 121 Å². The summed E-state index contributed by atoms with van der Waals surface area (Å²) in [6, 6.07) is 3.65. The van der Waals surface area contributed by atoms with Gasteiger partial charge in [-0.3, -0.25) is 9.59 Å². The molecule has 2 N–H and O–H groups in total. The number of hydrogen-bond acceptors (Lipinski definition) is 7. The van der Waals surface area contributed by atoms with Crippen molar-refractivity contribution in [3.63, 3.8) is 0 Å². The van der Waals surface area contributed by atoms with Gasteiger partial charge in [-0.2, -0.15) is 13.2 Å². The van der Waals surface area contributed by atoms with Crippen molar-refractivity contribution in [2.24, 2.45) is 11.8 Å². The number of alkyl halides is 3. The van der Waals surface area contributed by atoms with Gasteiger partial charge in [0.2, 0.25) is 5.88 Å². The Morgan fingerprint density at radius 1 is 1.22 bits per heavy atom. The summed E-state index contributed by atoms with van der Waals surface area (Å²) in [4.78, 5) is 41.2. The number of hydrogen-bond donors (Lipinski definition) is 2.